The molecule has 0 aromatic rings. The second kappa shape index (κ2) is 16.2. The van der Waals surface area contributed by atoms with Crippen LogP contribution in [0.25, 0.3) is 0 Å². The van der Waals surface area contributed by atoms with E-state index in [1.807, 2.05) is 0 Å². The molecule has 12 heavy (non-hydrogen) atoms. The Balaban J connectivity index is -0.000000112. The normalized spacial score (nSPS) is 5.83. The highest BCUT2D eigenvalue weighted by atomic mass is 16.4. The van der Waals surface area contributed by atoms with Gasteiger partial charge in [-0.05, 0) is 0 Å². The van der Waals surface area contributed by atoms with E-state index in [1.54, 1.807) is 0 Å². The summed E-state index contributed by atoms with van der Waals surface area (Å²) in [5, 5.41) is 15.2. The second-order valence-corrected chi connectivity index (χ2v) is 1.08. The van der Waals surface area contributed by atoms with E-state index in [-0.39, 0.29) is 0 Å². The van der Waals surface area contributed by atoms with E-state index in [1.165, 1.54) is 0 Å². The lowest BCUT2D eigenvalue weighted by Crippen LogP contribution is -2.02. The average molecular weight is 176 g/mol. The second-order valence-electron chi connectivity index (χ2n) is 1.08. The van der Waals surface area contributed by atoms with Gasteiger partial charge in [-0.25, -0.2) is 9.59 Å². The van der Waals surface area contributed by atoms with Crippen LogP contribution < -0.4 is 11.7 Å². The highest BCUT2D eigenvalue weighted by Gasteiger charge is 1.73. The van der Waals surface area contributed by atoms with Crippen LogP contribution in [0.3, 0.4) is 0 Å². The summed E-state index contributed by atoms with van der Waals surface area (Å²) in [7, 11) is 0. The van der Waals surface area contributed by atoms with Crippen LogP contribution in [-0.2, 0) is 9.59 Å². The average Bonchev–Trinajstić information content (AvgIpc) is 2.09. The van der Waals surface area contributed by atoms with Crippen molar-refractivity contribution in [2.75, 3.05) is 0 Å². The summed E-state index contributed by atoms with van der Waals surface area (Å²) in [5.74, 6) is 6.04. The molecule has 0 aliphatic heterocycles. The van der Waals surface area contributed by atoms with Crippen LogP contribution >= 0.6 is 0 Å². The van der Waals surface area contributed by atoms with E-state index in [0.29, 0.717) is 0 Å². The van der Waals surface area contributed by atoms with Crippen molar-refractivity contribution in [3.05, 3.63) is 25.3 Å². The fourth-order valence-electron chi connectivity index (χ4n) is 0. The minimum atomic E-state index is -0.981. The molecule has 0 heterocycles. The zero-order valence-corrected chi connectivity index (χ0v) is 6.43. The summed E-state index contributed by atoms with van der Waals surface area (Å²) in [6, 6.07) is 0. The van der Waals surface area contributed by atoms with Crippen LogP contribution in [0, 0.1) is 0 Å². The van der Waals surface area contributed by atoms with Gasteiger partial charge in [-0.3, -0.25) is 11.7 Å². The Morgan fingerprint density at radius 1 is 1.00 bits per heavy atom. The monoisotopic (exact) mass is 176 g/mol. The number of carboxylic acids is 2. The Kier molecular flexibility index (Phi) is 22.5. The lowest BCUT2D eigenvalue weighted by molar-refractivity contribution is -0.132. The molecule has 6 nitrogen and oxygen atoms in total. The van der Waals surface area contributed by atoms with Crippen LogP contribution in [0.2, 0.25) is 0 Å². The summed E-state index contributed by atoms with van der Waals surface area (Å²) >= 11 is 0. The topological polar surface area (TPSA) is 127 Å². The van der Waals surface area contributed by atoms with Crippen molar-refractivity contribution in [2.45, 2.75) is 0 Å². The molecule has 0 saturated carbocycles. The maximum Gasteiger partial charge on any atom is 0.327 e. The predicted octanol–water partition coefficient (Wildman–Crippen LogP) is -0.667. The van der Waals surface area contributed by atoms with E-state index in [0.717, 1.165) is 12.2 Å². The van der Waals surface area contributed by atoms with Gasteiger partial charge in [0.25, 0.3) is 0 Å². The van der Waals surface area contributed by atoms with Crippen LogP contribution in [-0.4, -0.2) is 22.2 Å². The van der Waals surface area contributed by atoms with Crippen molar-refractivity contribution < 1.29 is 19.8 Å². The molecule has 0 bridgehead atoms. The molecule has 0 atom stereocenters. The van der Waals surface area contributed by atoms with E-state index >= 15 is 0 Å². The maximum absolute atomic E-state index is 9.25. The van der Waals surface area contributed by atoms with Crippen molar-refractivity contribution in [3.63, 3.8) is 0 Å². The largest absolute Gasteiger partial charge is 0.478 e. The fraction of sp³-hybridized carbons (Fsp3) is 0. The Morgan fingerprint density at radius 3 is 1.08 bits per heavy atom. The van der Waals surface area contributed by atoms with Gasteiger partial charge in [-0.15, -0.1) is 0 Å². The smallest absolute Gasteiger partial charge is 0.327 e. The molecule has 6 N–H and O–H groups in total. The Hall–Kier alpha value is -1.66. The van der Waals surface area contributed by atoms with Crippen molar-refractivity contribution in [1.29, 1.82) is 0 Å². The standard InChI is InChI=1S/2C3H4O2.H4N2/c2*1-2-3(4)5;1-2/h2*2H,1H2,(H,4,5);1-2H2. The highest BCUT2D eigenvalue weighted by Crippen LogP contribution is 1.55. The Bertz CT molecular complexity index is 138. The number of hydrogen-bond donors (Lipinski definition) is 4. The van der Waals surface area contributed by atoms with Gasteiger partial charge >= 0.3 is 11.9 Å². The molecule has 0 amide bonds. The van der Waals surface area contributed by atoms with Crippen molar-refractivity contribution in [3.8, 4) is 0 Å². The zero-order chi connectivity index (χ0) is 10.6. The number of carboxylic acid groups (broad SMARTS) is 2. The molecule has 6 heteroatoms. The number of rotatable bonds is 2. The SMILES string of the molecule is C=CC(=O)O.C=CC(=O)O.NN. The van der Waals surface area contributed by atoms with Gasteiger partial charge in [0.2, 0.25) is 0 Å². The minimum Gasteiger partial charge on any atom is -0.478 e. The van der Waals surface area contributed by atoms with Gasteiger partial charge in [0.05, 0.1) is 0 Å². The van der Waals surface area contributed by atoms with E-state index in [4.69, 9.17) is 10.2 Å². The zero-order valence-electron chi connectivity index (χ0n) is 6.43. The van der Waals surface area contributed by atoms with Crippen molar-refractivity contribution >= 4 is 11.9 Å². The highest BCUT2D eigenvalue weighted by molar-refractivity contribution is 5.79. The molecule has 0 aliphatic rings. The molecule has 0 unspecified atom stereocenters. The van der Waals surface area contributed by atoms with Crippen molar-refractivity contribution in [1.82, 2.24) is 0 Å². The van der Waals surface area contributed by atoms with Gasteiger partial charge in [0.15, 0.2) is 0 Å². The lowest BCUT2D eigenvalue weighted by atomic mass is 10.7. The van der Waals surface area contributed by atoms with Gasteiger partial charge in [0, 0.05) is 12.2 Å². The minimum absolute atomic E-state index is 0.833. The Morgan fingerprint density at radius 2 is 1.08 bits per heavy atom. The Labute approximate surface area is 69.8 Å². The van der Waals surface area contributed by atoms with E-state index < -0.39 is 11.9 Å². The summed E-state index contributed by atoms with van der Waals surface area (Å²) in [5.41, 5.74) is 0. The lowest BCUT2D eigenvalue weighted by Gasteiger charge is -1.64. The van der Waals surface area contributed by atoms with Gasteiger partial charge in [0.1, 0.15) is 0 Å². The summed E-state index contributed by atoms with van der Waals surface area (Å²) in [6.07, 6.45) is 1.67. The van der Waals surface area contributed by atoms with Crippen LogP contribution in [0.15, 0.2) is 25.3 Å². The van der Waals surface area contributed by atoms with Crippen LogP contribution in [0.1, 0.15) is 0 Å². The molecule has 0 radical (unpaired) electrons. The maximum atomic E-state index is 9.25. The molecule has 0 fully saturated rings. The number of hydrogen-bond acceptors (Lipinski definition) is 4. The first-order valence-corrected chi connectivity index (χ1v) is 2.58. The molecular weight excluding hydrogens is 164 g/mol. The number of aliphatic carboxylic acids is 2. The van der Waals surface area contributed by atoms with Gasteiger partial charge < -0.3 is 10.2 Å². The molecule has 0 spiro atoms. The molecule has 0 saturated heterocycles. The van der Waals surface area contributed by atoms with Gasteiger partial charge in [-0.1, -0.05) is 13.2 Å². The third-order valence-electron chi connectivity index (χ3n) is 0.349. The third kappa shape index (κ3) is 82.1. The fourth-order valence-corrected chi connectivity index (χ4v) is 0. The van der Waals surface area contributed by atoms with E-state index in [9.17, 15) is 9.59 Å². The third-order valence-corrected chi connectivity index (χ3v) is 0.349. The number of carbonyl (C=O) groups is 2. The first kappa shape index (κ1) is 16.7. The summed E-state index contributed by atoms with van der Waals surface area (Å²) < 4.78 is 0. The molecule has 70 valence electrons. The molecule has 0 aromatic heterocycles. The first-order valence-electron chi connectivity index (χ1n) is 2.58. The number of hydrazine groups is 1. The van der Waals surface area contributed by atoms with E-state index in [2.05, 4.69) is 24.8 Å². The van der Waals surface area contributed by atoms with Crippen molar-refractivity contribution in [2.24, 2.45) is 11.7 Å². The predicted molar refractivity (Wildman–Crippen MR) is 44.0 cm³/mol. The summed E-state index contributed by atoms with van der Waals surface area (Å²) in [4.78, 5) is 18.5. The van der Waals surface area contributed by atoms with Crippen LogP contribution in [0.4, 0.5) is 0 Å². The molecule has 0 rings (SSSR count). The van der Waals surface area contributed by atoms with Crippen LogP contribution in [0.5, 0.6) is 0 Å². The molecule has 0 aromatic carbocycles. The summed E-state index contributed by atoms with van der Waals surface area (Å²) in [6.45, 7) is 5.92. The van der Waals surface area contributed by atoms with Gasteiger partial charge in [-0.2, -0.15) is 0 Å². The molecule has 0 aliphatic carbocycles. The quantitative estimate of drug-likeness (QED) is 0.251. The first-order chi connectivity index (χ1) is 5.54. The number of nitrogens with two attached hydrogens (primary N) is 2. The molecular formula is C6H12N2O4.